The maximum atomic E-state index is 13.8. The van der Waals surface area contributed by atoms with Crippen molar-refractivity contribution in [1.82, 2.24) is 14.8 Å². The molecule has 1 fully saturated rings. The molecular weight excluding hydrogens is 505 g/mol. The smallest absolute Gasteiger partial charge is 0.224 e. The minimum absolute atomic E-state index is 0.0105. The molecule has 2 atom stereocenters. The van der Waals surface area contributed by atoms with E-state index in [0.717, 1.165) is 48.4 Å². The Bertz CT molecular complexity index is 1300. The van der Waals surface area contributed by atoms with E-state index in [4.69, 9.17) is 0 Å². The molecule has 3 aromatic rings. The van der Waals surface area contributed by atoms with E-state index in [1.165, 1.54) is 12.1 Å². The van der Waals surface area contributed by atoms with Gasteiger partial charge in [-0.2, -0.15) is 0 Å². The number of nitrogens with zero attached hydrogens (tertiary/aromatic N) is 5. The molecule has 0 radical (unpaired) electrons. The molecule has 210 valence electrons. The Morgan fingerprint density at radius 2 is 1.73 bits per heavy atom. The van der Waals surface area contributed by atoms with Crippen LogP contribution in [0.25, 0.3) is 0 Å². The zero-order valence-corrected chi connectivity index (χ0v) is 23.4. The third-order valence-corrected chi connectivity index (χ3v) is 8.26. The molecule has 2 aliphatic heterocycles. The Morgan fingerprint density at radius 3 is 2.48 bits per heavy atom. The minimum atomic E-state index is -0.278. The van der Waals surface area contributed by atoms with Gasteiger partial charge in [0.2, 0.25) is 11.8 Å². The van der Waals surface area contributed by atoms with E-state index in [9.17, 15) is 14.0 Å². The second kappa shape index (κ2) is 12.6. The first-order valence-electron chi connectivity index (χ1n) is 14.1. The number of carbonyl (C=O) groups is 2. The molecule has 2 aromatic carbocycles. The molecule has 3 heterocycles. The van der Waals surface area contributed by atoms with Crippen LogP contribution in [0.1, 0.15) is 43.9 Å². The Morgan fingerprint density at radius 1 is 0.975 bits per heavy atom. The molecule has 5 rings (SSSR count). The Labute approximate surface area is 236 Å². The lowest BCUT2D eigenvalue weighted by Crippen LogP contribution is -2.45. The largest absolute Gasteiger partial charge is 0.374 e. The van der Waals surface area contributed by atoms with Crippen molar-refractivity contribution in [3.63, 3.8) is 0 Å². The standard InChI is InChI=1S/C32H38FN5O2/c1-24(39)37-20-16-29-14-15-30(38(29)22-27-8-5-6-18-34-27)23-36(21-25-7-3-4-9-31(25)37)32(40)17-19-35(2)28-12-10-26(33)11-13-28/h3-13,18,29-30H,14-17,19-23H2,1-2H3/t29-,30+/m0/s1. The molecule has 0 N–H and O–H groups in total. The summed E-state index contributed by atoms with van der Waals surface area (Å²) in [6.45, 7) is 4.56. The second-order valence-corrected chi connectivity index (χ2v) is 10.9. The van der Waals surface area contributed by atoms with E-state index in [1.807, 2.05) is 64.3 Å². The van der Waals surface area contributed by atoms with Crippen LogP contribution in [0.3, 0.4) is 0 Å². The summed E-state index contributed by atoms with van der Waals surface area (Å²) in [5.41, 5.74) is 3.74. The fourth-order valence-electron chi connectivity index (χ4n) is 6.05. The van der Waals surface area contributed by atoms with Gasteiger partial charge in [0, 0.05) is 82.8 Å². The van der Waals surface area contributed by atoms with Crippen LogP contribution in [-0.4, -0.2) is 65.4 Å². The number of anilines is 2. The molecule has 0 spiro atoms. The Hall–Kier alpha value is -3.78. The minimum Gasteiger partial charge on any atom is -0.374 e. The summed E-state index contributed by atoms with van der Waals surface area (Å²) in [6.07, 6.45) is 5.06. The number of hydrogen-bond acceptors (Lipinski definition) is 5. The van der Waals surface area contributed by atoms with Gasteiger partial charge in [-0.3, -0.25) is 19.5 Å². The number of carbonyl (C=O) groups excluding carboxylic acids is 2. The quantitative estimate of drug-likeness (QED) is 0.444. The van der Waals surface area contributed by atoms with Crippen LogP contribution in [0, 0.1) is 5.82 Å². The zero-order chi connectivity index (χ0) is 28.1. The van der Waals surface area contributed by atoms with Gasteiger partial charge in [-0.05, 0) is 67.3 Å². The van der Waals surface area contributed by atoms with Gasteiger partial charge < -0.3 is 14.7 Å². The van der Waals surface area contributed by atoms with Crippen LogP contribution in [-0.2, 0) is 22.7 Å². The molecule has 0 unspecified atom stereocenters. The summed E-state index contributed by atoms with van der Waals surface area (Å²) in [4.78, 5) is 39.6. The molecule has 2 bridgehead atoms. The van der Waals surface area contributed by atoms with Gasteiger partial charge >= 0.3 is 0 Å². The highest BCUT2D eigenvalue weighted by Gasteiger charge is 2.36. The van der Waals surface area contributed by atoms with E-state index in [1.54, 1.807) is 19.1 Å². The number of benzene rings is 2. The SMILES string of the molecule is CC(=O)N1CC[C@@H]2CC[C@H](CN(C(=O)CCN(C)c3ccc(F)cc3)Cc3ccccc31)N2Cc1ccccn1. The van der Waals surface area contributed by atoms with E-state index < -0.39 is 0 Å². The lowest BCUT2D eigenvalue weighted by molar-refractivity contribution is -0.132. The van der Waals surface area contributed by atoms with E-state index >= 15 is 0 Å². The summed E-state index contributed by atoms with van der Waals surface area (Å²) < 4.78 is 13.4. The number of para-hydroxylation sites is 1. The van der Waals surface area contributed by atoms with E-state index in [0.29, 0.717) is 38.6 Å². The monoisotopic (exact) mass is 543 g/mol. The average Bonchev–Trinajstić information content (AvgIpc) is 3.31. The molecule has 7 nitrogen and oxygen atoms in total. The summed E-state index contributed by atoms with van der Waals surface area (Å²) in [7, 11) is 1.92. The van der Waals surface area contributed by atoms with Gasteiger partial charge in [0.1, 0.15) is 5.82 Å². The number of fused-ring (bicyclic) bond motifs is 3. The van der Waals surface area contributed by atoms with Crippen molar-refractivity contribution in [2.75, 3.05) is 36.5 Å². The first kappa shape index (κ1) is 27.8. The van der Waals surface area contributed by atoms with E-state index in [-0.39, 0.29) is 23.7 Å². The van der Waals surface area contributed by atoms with Crippen molar-refractivity contribution in [3.05, 3.63) is 90.0 Å². The molecule has 0 saturated carbocycles. The Kier molecular flexibility index (Phi) is 8.75. The van der Waals surface area contributed by atoms with Gasteiger partial charge in [0.15, 0.2) is 0 Å². The zero-order valence-electron chi connectivity index (χ0n) is 23.4. The maximum Gasteiger partial charge on any atom is 0.224 e. The highest BCUT2D eigenvalue weighted by molar-refractivity contribution is 5.92. The highest BCUT2D eigenvalue weighted by Crippen LogP contribution is 2.32. The molecule has 2 amide bonds. The van der Waals surface area contributed by atoms with Crippen molar-refractivity contribution in [3.8, 4) is 0 Å². The lowest BCUT2D eigenvalue weighted by Gasteiger charge is -2.34. The summed E-state index contributed by atoms with van der Waals surface area (Å²) in [6, 6.07) is 20.8. The topological polar surface area (TPSA) is 60.0 Å². The van der Waals surface area contributed by atoms with Crippen LogP contribution < -0.4 is 9.80 Å². The van der Waals surface area contributed by atoms with Crippen molar-refractivity contribution in [2.45, 2.75) is 57.8 Å². The molecular formula is C32H38FN5O2. The predicted octanol–water partition coefficient (Wildman–Crippen LogP) is 4.87. The summed E-state index contributed by atoms with van der Waals surface area (Å²) in [5.74, 6) is -0.199. The molecule has 40 heavy (non-hydrogen) atoms. The number of rotatable bonds is 6. The molecule has 1 saturated heterocycles. The van der Waals surface area contributed by atoms with Gasteiger partial charge in [0.25, 0.3) is 0 Å². The number of amides is 2. The average molecular weight is 544 g/mol. The van der Waals surface area contributed by atoms with Crippen LogP contribution >= 0.6 is 0 Å². The molecule has 0 aliphatic carbocycles. The predicted molar refractivity (Wildman–Crippen MR) is 155 cm³/mol. The second-order valence-electron chi connectivity index (χ2n) is 10.9. The number of pyridine rings is 1. The van der Waals surface area contributed by atoms with Gasteiger partial charge in [-0.25, -0.2) is 4.39 Å². The first-order valence-corrected chi connectivity index (χ1v) is 14.1. The maximum absolute atomic E-state index is 13.8. The summed E-state index contributed by atoms with van der Waals surface area (Å²) >= 11 is 0. The van der Waals surface area contributed by atoms with Gasteiger partial charge in [-0.1, -0.05) is 24.3 Å². The molecule has 2 aliphatic rings. The van der Waals surface area contributed by atoms with Crippen LogP contribution in [0.2, 0.25) is 0 Å². The van der Waals surface area contributed by atoms with Gasteiger partial charge in [-0.15, -0.1) is 0 Å². The summed E-state index contributed by atoms with van der Waals surface area (Å²) in [5, 5.41) is 0. The fraction of sp³-hybridized carbons (Fsp3) is 0.406. The highest BCUT2D eigenvalue weighted by atomic mass is 19.1. The first-order chi connectivity index (χ1) is 19.4. The third kappa shape index (κ3) is 6.50. The van der Waals surface area contributed by atoms with Crippen molar-refractivity contribution in [1.29, 1.82) is 0 Å². The molecule has 1 aromatic heterocycles. The van der Waals surface area contributed by atoms with Crippen LogP contribution in [0.5, 0.6) is 0 Å². The lowest BCUT2D eigenvalue weighted by atomic mass is 10.1. The van der Waals surface area contributed by atoms with Gasteiger partial charge in [0.05, 0.1) is 5.69 Å². The van der Waals surface area contributed by atoms with E-state index in [2.05, 4.69) is 16.0 Å². The molecule has 8 heteroatoms. The Balaban J connectivity index is 1.41. The number of aromatic nitrogens is 1. The van der Waals surface area contributed by atoms with Crippen LogP contribution in [0.15, 0.2) is 72.9 Å². The fourth-order valence-corrected chi connectivity index (χ4v) is 6.05. The normalized spacial score (nSPS) is 19.6. The van der Waals surface area contributed by atoms with Crippen molar-refractivity contribution < 1.29 is 14.0 Å². The van der Waals surface area contributed by atoms with Crippen molar-refractivity contribution in [2.24, 2.45) is 0 Å². The number of halogens is 1. The van der Waals surface area contributed by atoms with Crippen molar-refractivity contribution >= 4 is 23.2 Å². The van der Waals surface area contributed by atoms with Crippen LogP contribution in [0.4, 0.5) is 15.8 Å². The third-order valence-electron chi connectivity index (χ3n) is 8.26. The number of hydrogen-bond donors (Lipinski definition) is 0.